The van der Waals surface area contributed by atoms with Crippen molar-refractivity contribution in [1.29, 1.82) is 0 Å². The van der Waals surface area contributed by atoms with E-state index in [1.54, 1.807) is 29.4 Å². The van der Waals surface area contributed by atoms with E-state index >= 15 is 0 Å². The summed E-state index contributed by atoms with van der Waals surface area (Å²) < 4.78 is 0.802. The molecule has 0 spiro atoms. The van der Waals surface area contributed by atoms with Gasteiger partial charge in [0.2, 0.25) is 0 Å². The van der Waals surface area contributed by atoms with Crippen LogP contribution in [-0.2, 0) is 0 Å². The van der Waals surface area contributed by atoms with Crippen molar-refractivity contribution >= 4 is 21.8 Å². The van der Waals surface area contributed by atoms with Crippen LogP contribution in [0.1, 0.15) is 31.1 Å². The van der Waals surface area contributed by atoms with Gasteiger partial charge in [0.15, 0.2) is 0 Å². The average molecular weight is 297 g/mol. The Morgan fingerprint density at radius 3 is 2.65 bits per heavy atom. The minimum atomic E-state index is -0.242. The van der Waals surface area contributed by atoms with Crippen molar-refractivity contribution in [3.05, 3.63) is 41.2 Å². The quantitative estimate of drug-likeness (QED) is 0.802. The van der Waals surface area contributed by atoms with E-state index < -0.39 is 0 Å². The standard InChI is InChI=1S/C13H17BrN2O/c1-5-6-16(13(2,3)4)12(17)10-7-11(14)9-15-8-10/h5,7-9H,1,6H2,2-4H3. The van der Waals surface area contributed by atoms with E-state index in [1.807, 2.05) is 20.8 Å². The Morgan fingerprint density at radius 1 is 1.53 bits per heavy atom. The SMILES string of the molecule is C=CCN(C(=O)c1cncc(Br)c1)C(C)(C)C. The van der Waals surface area contributed by atoms with Crippen molar-refractivity contribution in [3.63, 3.8) is 0 Å². The van der Waals surface area contributed by atoms with Crippen LogP contribution in [0.3, 0.4) is 0 Å². The highest BCUT2D eigenvalue weighted by atomic mass is 79.9. The maximum absolute atomic E-state index is 12.4. The van der Waals surface area contributed by atoms with Crippen molar-refractivity contribution < 1.29 is 4.79 Å². The van der Waals surface area contributed by atoms with Gasteiger partial charge in [0.1, 0.15) is 0 Å². The largest absolute Gasteiger partial charge is 0.330 e. The molecule has 1 rings (SSSR count). The van der Waals surface area contributed by atoms with E-state index in [0.29, 0.717) is 12.1 Å². The first-order valence-corrected chi connectivity index (χ1v) is 6.19. The van der Waals surface area contributed by atoms with Crippen molar-refractivity contribution in [1.82, 2.24) is 9.88 Å². The van der Waals surface area contributed by atoms with E-state index in [1.165, 1.54) is 0 Å². The van der Waals surface area contributed by atoms with Gasteiger partial charge in [0.25, 0.3) is 5.91 Å². The molecule has 0 aliphatic heterocycles. The molecule has 0 saturated carbocycles. The van der Waals surface area contributed by atoms with Crippen molar-refractivity contribution in [2.75, 3.05) is 6.54 Å². The van der Waals surface area contributed by atoms with E-state index in [2.05, 4.69) is 27.5 Å². The van der Waals surface area contributed by atoms with Gasteiger partial charge in [-0.3, -0.25) is 9.78 Å². The van der Waals surface area contributed by atoms with E-state index in [-0.39, 0.29) is 11.4 Å². The van der Waals surface area contributed by atoms with Crippen LogP contribution in [0.5, 0.6) is 0 Å². The van der Waals surface area contributed by atoms with Gasteiger partial charge in [-0.1, -0.05) is 6.08 Å². The smallest absolute Gasteiger partial charge is 0.256 e. The first-order chi connectivity index (χ1) is 7.86. The van der Waals surface area contributed by atoms with Crippen LogP contribution in [-0.4, -0.2) is 27.9 Å². The molecular weight excluding hydrogens is 280 g/mol. The molecule has 0 aromatic carbocycles. The van der Waals surface area contributed by atoms with Crippen LogP contribution < -0.4 is 0 Å². The number of nitrogens with zero attached hydrogens (tertiary/aromatic N) is 2. The van der Waals surface area contributed by atoms with Crippen LogP contribution in [0, 0.1) is 0 Å². The second-order valence-electron chi connectivity index (χ2n) is 4.77. The lowest BCUT2D eigenvalue weighted by Crippen LogP contribution is -2.45. The Hall–Kier alpha value is -1.16. The molecule has 0 atom stereocenters. The van der Waals surface area contributed by atoms with Crippen LogP contribution in [0.4, 0.5) is 0 Å². The average Bonchev–Trinajstić information content (AvgIpc) is 2.23. The fourth-order valence-electron chi connectivity index (χ4n) is 1.48. The summed E-state index contributed by atoms with van der Waals surface area (Å²) in [5.74, 6) is -0.0359. The number of carbonyl (C=O) groups is 1. The Bertz CT molecular complexity index is 424. The zero-order chi connectivity index (χ0) is 13.1. The second kappa shape index (κ2) is 5.45. The fraction of sp³-hybridized carbons (Fsp3) is 0.385. The van der Waals surface area contributed by atoms with Crippen molar-refractivity contribution in [2.45, 2.75) is 26.3 Å². The predicted molar refractivity (Wildman–Crippen MR) is 72.9 cm³/mol. The predicted octanol–water partition coefficient (Wildman–Crippen LogP) is 3.27. The topological polar surface area (TPSA) is 33.2 Å². The molecular formula is C13H17BrN2O. The van der Waals surface area contributed by atoms with Gasteiger partial charge in [0, 0.05) is 29.0 Å². The van der Waals surface area contributed by atoms with Crippen molar-refractivity contribution in [3.8, 4) is 0 Å². The molecule has 0 fully saturated rings. The molecule has 1 aromatic heterocycles. The first-order valence-electron chi connectivity index (χ1n) is 5.39. The van der Waals surface area contributed by atoms with Crippen LogP contribution in [0.15, 0.2) is 35.6 Å². The molecule has 0 aliphatic carbocycles. The summed E-state index contributed by atoms with van der Waals surface area (Å²) in [4.78, 5) is 18.1. The number of hydrogen-bond acceptors (Lipinski definition) is 2. The minimum Gasteiger partial charge on any atom is -0.330 e. The molecule has 0 saturated heterocycles. The van der Waals surface area contributed by atoms with Gasteiger partial charge in [-0.2, -0.15) is 0 Å². The third-order valence-corrected chi connectivity index (χ3v) is 2.75. The number of pyridine rings is 1. The summed E-state index contributed by atoms with van der Waals surface area (Å²) in [6.07, 6.45) is 4.97. The molecule has 0 aliphatic rings. The summed E-state index contributed by atoms with van der Waals surface area (Å²) in [6, 6.07) is 1.77. The van der Waals surface area contributed by atoms with Gasteiger partial charge >= 0.3 is 0 Å². The highest BCUT2D eigenvalue weighted by molar-refractivity contribution is 9.10. The number of rotatable bonds is 3. The summed E-state index contributed by atoms with van der Waals surface area (Å²) >= 11 is 3.32. The maximum Gasteiger partial charge on any atom is 0.256 e. The molecule has 3 nitrogen and oxygen atoms in total. The lowest BCUT2D eigenvalue weighted by molar-refractivity contribution is 0.0616. The molecule has 1 aromatic rings. The van der Waals surface area contributed by atoms with Gasteiger partial charge in [-0.15, -0.1) is 6.58 Å². The van der Waals surface area contributed by atoms with Gasteiger partial charge < -0.3 is 4.90 Å². The molecule has 0 bridgehead atoms. The summed E-state index contributed by atoms with van der Waals surface area (Å²) in [7, 11) is 0. The Kier molecular flexibility index (Phi) is 4.46. The van der Waals surface area contributed by atoms with Gasteiger partial charge in [-0.05, 0) is 42.8 Å². The molecule has 92 valence electrons. The van der Waals surface area contributed by atoms with Gasteiger partial charge in [-0.25, -0.2) is 0 Å². The number of halogens is 1. The van der Waals surface area contributed by atoms with Crippen molar-refractivity contribution in [2.24, 2.45) is 0 Å². The summed E-state index contributed by atoms with van der Waals surface area (Å²) in [5, 5.41) is 0. The number of carbonyl (C=O) groups excluding carboxylic acids is 1. The summed E-state index contributed by atoms with van der Waals surface area (Å²) in [5.41, 5.74) is 0.337. The zero-order valence-electron chi connectivity index (χ0n) is 10.4. The third-order valence-electron chi connectivity index (χ3n) is 2.32. The zero-order valence-corrected chi connectivity index (χ0v) is 12.0. The van der Waals surface area contributed by atoms with E-state index in [9.17, 15) is 4.79 Å². The lowest BCUT2D eigenvalue weighted by atomic mass is 10.0. The lowest BCUT2D eigenvalue weighted by Gasteiger charge is -2.35. The highest BCUT2D eigenvalue weighted by Crippen LogP contribution is 2.18. The third kappa shape index (κ3) is 3.66. The monoisotopic (exact) mass is 296 g/mol. The number of aromatic nitrogens is 1. The Balaban J connectivity index is 3.04. The van der Waals surface area contributed by atoms with Crippen LogP contribution in [0.2, 0.25) is 0 Å². The molecule has 17 heavy (non-hydrogen) atoms. The minimum absolute atomic E-state index is 0.0359. The molecule has 0 N–H and O–H groups in total. The van der Waals surface area contributed by atoms with Crippen LogP contribution >= 0.6 is 15.9 Å². The van der Waals surface area contributed by atoms with Crippen LogP contribution in [0.25, 0.3) is 0 Å². The fourth-order valence-corrected chi connectivity index (χ4v) is 1.84. The number of amides is 1. The van der Waals surface area contributed by atoms with Gasteiger partial charge in [0.05, 0.1) is 5.56 Å². The highest BCUT2D eigenvalue weighted by Gasteiger charge is 2.26. The molecule has 1 amide bonds. The van der Waals surface area contributed by atoms with E-state index in [4.69, 9.17) is 0 Å². The maximum atomic E-state index is 12.4. The molecule has 4 heteroatoms. The molecule has 0 unspecified atom stereocenters. The van der Waals surface area contributed by atoms with E-state index in [0.717, 1.165) is 4.47 Å². The second-order valence-corrected chi connectivity index (χ2v) is 5.68. The molecule has 0 radical (unpaired) electrons. The molecule has 1 heterocycles. The summed E-state index contributed by atoms with van der Waals surface area (Å²) in [6.45, 7) is 10.2. The number of hydrogen-bond donors (Lipinski definition) is 0. The Morgan fingerprint density at radius 2 is 2.18 bits per heavy atom. The first kappa shape index (κ1) is 13.9. The normalized spacial score (nSPS) is 11.1. The Labute approximate surface area is 111 Å².